The van der Waals surface area contributed by atoms with Gasteiger partial charge in [0.15, 0.2) is 5.76 Å². The first-order valence-corrected chi connectivity index (χ1v) is 8.06. The van der Waals surface area contributed by atoms with E-state index >= 15 is 0 Å². The van der Waals surface area contributed by atoms with Crippen molar-refractivity contribution in [2.75, 3.05) is 0 Å². The molecule has 0 bridgehead atoms. The molecule has 1 fully saturated rings. The van der Waals surface area contributed by atoms with Gasteiger partial charge in [-0.25, -0.2) is 0 Å². The molecule has 4 nitrogen and oxygen atoms in total. The maximum Gasteiger partial charge on any atom is 0.152 e. The molecule has 2 N–H and O–H groups in total. The zero-order chi connectivity index (χ0) is 14.7. The van der Waals surface area contributed by atoms with Crippen LogP contribution in [0.25, 0.3) is 11.5 Å². The van der Waals surface area contributed by atoms with Gasteiger partial charge in [-0.3, -0.25) is 5.10 Å². The lowest BCUT2D eigenvalue weighted by atomic mass is 9.84. The van der Waals surface area contributed by atoms with Gasteiger partial charge in [0.05, 0.1) is 6.20 Å². The summed E-state index contributed by atoms with van der Waals surface area (Å²) < 4.78 is 5.69. The van der Waals surface area contributed by atoms with Gasteiger partial charge in [-0.2, -0.15) is 5.10 Å². The van der Waals surface area contributed by atoms with Crippen LogP contribution < -0.4 is 5.32 Å². The van der Waals surface area contributed by atoms with Crippen LogP contribution in [0.5, 0.6) is 0 Å². The van der Waals surface area contributed by atoms with Crippen molar-refractivity contribution in [3.8, 4) is 11.5 Å². The van der Waals surface area contributed by atoms with Gasteiger partial charge in [0, 0.05) is 18.2 Å². The first-order chi connectivity index (χ1) is 10.2. The van der Waals surface area contributed by atoms with E-state index in [-0.39, 0.29) is 0 Å². The van der Waals surface area contributed by atoms with Crippen molar-refractivity contribution in [1.29, 1.82) is 0 Å². The van der Waals surface area contributed by atoms with Crippen LogP contribution in [-0.4, -0.2) is 16.2 Å². The fourth-order valence-electron chi connectivity index (χ4n) is 3.30. The predicted molar refractivity (Wildman–Crippen MR) is 83.9 cm³/mol. The van der Waals surface area contributed by atoms with Crippen LogP contribution in [0, 0.1) is 12.8 Å². The fourth-order valence-corrected chi connectivity index (χ4v) is 3.30. The lowest BCUT2D eigenvalue weighted by Crippen LogP contribution is -2.34. The molecule has 114 valence electrons. The molecule has 0 amide bonds. The van der Waals surface area contributed by atoms with Crippen molar-refractivity contribution in [3.05, 3.63) is 29.7 Å². The minimum atomic E-state index is 0.561. The smallest absolute Gasteiger partial charge is 0.152 e. The minimum Gasteiger partial charge on any atom is -0.460 e. The Kier molecular flexibility index (Phi) is 4.44. The monoisotopic (exact) mass is 287 g/mol. The number of aryl methyl sites for hydroxylation is 1. The van der Waals surface area contributed by atoms with E-state index in [4.69, 9.17) is 4.42 Å². The molecular weight excluding hydrogens is 262 g/mol. The molecule has 1 aliphatic rings. The molecule has 2 aromatic rings. The summed E-state index contributed by atoms with van der Waals surface area (Å²) in [6.45, 7) is 5.11. The fraction of sp³-hybridized carbons (Fsp3) is 0.588. The average molecular weight is 287 g/mol. The van der Waals surface area contributed by atoms with E-state index < -0.39 is 0 Å². The van der Waals surface area contributed by atoms with Crippen LogP contribution in [0.15, 0.2) is 22.7 Å². The molecule has 0 spiro atoms. The third-order valence-corrected chi connectivity index (χ3v) is 4.68. The highest BCUT2D eigenvalue weighted by Gasteiger charge is 2.20. The Hall–Kier alpha value is -1.55. The highest BCUT2D eigenvalue weighted by molar-refractivity contribution is 5.56. The molecule has 0 aliphatic heterocycles. The standard InChI is InChI=1S/C17H25N3O/c1-12-8-9-16(21-12)17-15(11-19-20-17)10-18-13(2)14-6-4-3-5-7-14/h8-9,11,13-14,18H,3-7,10H2,1-2H3,(H,19,20). The highest BCUT2D eigenvalue weighted by Crippen LogP contribution is 2.27. The maximum absolute atomic E-state index is 5.69. The molecule has 0 radical (unpaired) electrons. The van der Waals surface area contributed by atoms with Crippen molar-refractivity contribution in [2.24, 2.45) is 5.92 Å². The number of aromatic nitrogens is 2. The second kappa shape index (κ2) is 6.48. The maximum atomic E-state index is 5.69. The van der Waals surface area contributed by atoms with Gasteiger partial charge in [-0.05, 0) is 44.7 Å². The van der Waals surface area contributed by atoms with Crippen LogP contribution in [0.1, 0.15) is 50.4 Å². The van der Waals surface area contributed by atoms with Crippen molar-refractivity contribution in [1.82, 2.24) is 15.5 Å². The lowest BCUT2D eigenvalue weighted by Gasteiger charge is -2.28. The zero-order valence-corrected chi connectivity index (χ0v) is 13.0. The van der Waals surface area contributed by atoms with Crippen LogP contribution in [-0.2, 0) is 6.54 Å². The molecule has 1 aliphatic carbocycles. The van der Waals surface area contributed by atoms with Crippen LogP contribution in [0.3, 0.4) is 0 Å². The van der Waals surface area contributed by atoms with E-state index in [1.54, 1.807) is 0 Å². The van der Waals surface area contributed by atoms with Gasteiger partial charge in [0.1, 0.15) is 11.5 Å². The lowest BCUT2D eigenvalue weighted by molar-refractivity contribution is 0.280. The van der Waals surface area contributed by atoms with Gasteiger partial charge in [-0.15, -0.1) is 0 Å². The Morgan fingerprint density at radius 2 is 2.14 bits per heavy atom. The van der Waals surface area contributed by atoms with E-state index in [1.807, 2.05) is 25.3 Å². The SMILES string of the molecule is Cc1ccc(-c2[nH]ncc2CNC(C)C2CCCCC2)o1. The molecule has 21 heavy (non-hydrogen) atoms. The van der Waals surface area contributed by atoms with Gasteiger partial charge in [0.2, 0.25) is 0 Å². The Morgan fingerprint density at radius 3 is 2.86 bits per heavy atom. The molecular formula is C17H25N3O. The van der Waals surface area contributed by atoms with E-state index in [9.17, 15) is 0 Å². The Morgan fingerprint density at radius 1 is 1.33 bits per heavy atom. The summed E-state index contributed by atoms with van der Waals surface area (Å²) in [5.74, 6) is 2.61. The van der Waals surface area contributed by atoms with Crippen LogP contribution >= 0.6 is 0 Å². The summed E-state index contributed by atoms with van der Waals surface area (Å²) in [5, 5.41) is 10.9. The molecule has 0 aromatic carbocycles. The summed E-state index contributed by atoms with van der Waals surface area (Å²) >= 11 is 0. The topological polar surface area (TPSA) is 53.9 Å². The molecule has 1 saturated carbocycles. The second-order valence-electron chi connectivity index (χ2n) is 6.25. The third-order valence-electron chi connectivity index (χ3n) is 4.68. The molecule has 0 saturated heterocycles. The summed E-state index contributed by atoms with van der Waals surface area (Å²) in [4.78, 5) is 0. The predicted octanol–water partition coefficient (Wildman–Crippen LogP) is 4.04. The van der Waals surface area contributed by atoms with Gasteiger partial charge < -0.3 is 9.73 Å². The number of nitrogens with zero attached hydrogens (tertiary/aromatic N) is 1. The second-order valence-corrected chi connectivity index (χ2v) is 6.25. The van der Waals surface area contributed by atoms with E-state index in [0.717, 1.165) is 29.7 Å². The van der Waals surface area contributed by atoms with Crippen molar-refractivity contribution in [2.45, 2.75) is 58.5 Å². The average Bonchev–Trinajstić information content (AvgIpc) is 3.14. The normalized spacial score (nSPS) is 18.0. The Bertz CT molecular complexity index is 566. The number of H-pyrrole nitrogens is 1. The zero-order valence-electron chi connectivity index (χ0n) is 13.0. The van der Waals surface area contributed by atoms with Crippen molar-refractivity contribution in [3.63, 3.8) is 0 Å². The number of rotatable bonds is 5. The Balaban J connectivity index is 1.62. The molecule has 1 unspecified atom stereocenters. The van der Waals surface area contributed by atoms with Crippen molar-refractivity contribution < 1.29 is 4.42 Å². The number of aromatic amines is 1. The minimum absolute atomic E-state index is 0.561. The molecule has 3 rings (SSSR count). The first kappa shape index (κ1) is 14.4. The summed E-state index contributed by atoms with van der Waals surface area (Å²) in [5.41, 5.74) is 2.17. The Labute approximate surface area is 126 Å². The van der Waals surface area contributed by atoms with Gasteiger partial charge in [0.25, 0.3) is 0 Å². The molecule has 1 atom stereocenters. The first-order valence-electron chi connectivity index (χ1n) is 8.06. The number of hydrogen-bond donors (Lipinski definition) is 2. The van der Waals surface area contributed by atoms with Crippen LogP contribution in [0.2, 0.25) is 0 Å². The van der Waals surface area contributed by atoms with E-state index in [2.05, 4.69) is 22.4 Å². The summed E-state index contributed by atoms with van der Waals surface area (Å²) in [7, 11) is 0. The van der Waals surface area contributed by atoms with E-state index in [0.29, 0.717) is 6.04 Å². The van der Waals surface area contributed by atoms with Crippen LogP contribution in [0.4, 0.5) is 0 Å². The quantitative estimate of drug-likeness (QED) is 0.872. The molecule has 2 heterocycles. The summed E-state index contributed by atoms with van der Waals surface area (Å²) in [6, 6.07) is 4.54. The molecule has 4 heteroatoms. The number of nitrogens with one attached hydrogen (secondary N) is 2. The summed E-state index contributed by atoms with van der Waals surface area (Å²) in [6.07, 6.45) is 8.81. The largest absolute Gasteiger partial charge is 0.460 e. The van der Waals surface area contributed by atoms with E-state index in [1.165, 1.54) is 37.7 Å². The number of hydrogen-bond acceptors (Lipinski definition) is 3. The van der Waals surface area contributed by atoms with Gasteiger partial charge in [-0.1, -0.05) is 19.3 Å². The van der Waals surface area contributed by atoms with Gasteiger partial charge >= 0.3 is 0 Å². The number of furan rings is 1. The van der Waals surface area contributed by atoms with Crippen molar-refractivity contribution >= 4 is 0 Å². The third kappa shape index (κ3) is 3.38. The highest BCUT2D eigenvalue weighted by atomic mass is 16.3. The molecule has 2 aromatic heterocycles.